The summed E-state index contributed by atoms with van der Waals surface area (Å²) in [4.78, 5) is 21.5. The van der Waals surface area contributed by atoms with Gasteiger partial charge in [-0.3, -0.25) is 4.79 Å². The smallest absolute Gasteiger partial charge is 0.259 e. The van der Waals surface area contributed by atoms with E-state index in [1.165, 1.54) is 0 Å². The van der Waals surface area contributed by atoms with Gasteiger partial charge < -0.3 is 15.0 Å². The molecule has 0 spiro atoms. The van der Waals surface area contributed by atoms with Gasteiger partial charge >= 0.3 is 0 Å². The lowest BCUT2D eigenvalue weighted by molar-refractivity contribution is -0.0414. The molecule has 0 bridgehead atoms. The van der Waals surface area contributed by atoms with Crippen LogP contribution in [0.15, 0.2) is 4.79 Å². The second-order valence-electron chi connectivity index (χ2n) is 5.80. The van der Waals surface area contributed by atoms with Gasteiger partial charge in [-0.2, -0.15) is 0 Å². The van der Waals surface area contributed by atoms with Crippen molar-refractivity contribution >= 4 is 21.6 Å². The summed E-state index contributed by atoms with van der Waals surface area (Å²) in [6.45, 7) is 5.43. The Hall–Kier alpha value is -1.24. The van der Waals surface area contributed by atoms with Crippen molar-refractivity contribution in [2.45, 2.75) is 39.4 Å². The van der Waals surface area contributed by atoms with Crippen LogP contribution in [0.5, 0.6) is 0 Å². The zero-order chi connectivity index (χ0) is 15.0. The van der Waals surface area contributed by atoms with Gasteiger partial charge in [0.2, 0.25) is 0 Å². The number of aryl methyl sites for hydroxylation is 2. The minimum absolute atomic E-state index is 0.0536. The molecule has 6 heteroatoms. The number of ether oxygens (including phenoxy) is 1. The predicted octanol–water partition coefficient (Wildman–Crippen LogP) is 2.12. The maximum Gasteiger partial charge on any atom is 0.259 e. The van der Waals surface area contributed by atoms with Gasteiger partial charge in [-0.15, -0.1) is 11.3 Å². The van der Waals surface area contributed by atoms with Gasteiger partial charge in [-0.05, 0) is 51.8 Å². The van der Waals surface area contributed by atoms with E-state index in [4.69, 9.17) is 4.74 Å². The summed E-state index contributed by atoms with van der Waals surface area (Å²) in [7, 11) is 1.98. The number of hydrogen-bond acceptors (Lipinski definition) is 5. The normalized spacial score (nSPS) is 21.7. The van der Waals surface area contributed by atoms with Crippen molar-refractivity contribution in [2.24, 2.45) is 5.92 Å². The molecule has 3 rings (SSSR count). The Bertz CT molecular complexity index is 701. The predicted molar refractivity (Wildman–Crippen MR) is 84.9 cm³/mol. The molecule has 1 aliphatic rings. The molecule has 2 aromatic rings. The van der Waals surface area contributed by atoms with Gasteiger partial charge in [-0.25, -0.2) is 4.98 Å². The van der Waals surface area contributed by atoms with Crippen molar-refractivity contribution in [1.29, 1.82) is 0 Å². The number of fused-ring (bicyclic) bond motifs is 1. The molecule has 1 aliphatic carbocycles. The molecule has 2 aromatic heterocycles. The third-order valence-electron chi connectivity index (χ3n) is 4.23. The quantitative estimate of drug-likeness (QED) is 0.888. The summed E-state index contributed by atoms with van der Waals surface area (Å²) in [6.07, 6.45) is 2.48. The maximum atomic E-state index is 12.1. The second-order valence-corrected chi connectivity index (χ2v) is 7.01. The summed E-state index contributed by atoms with van der Waals surface area (Å²) in [5.74, 6) is 1.35. The van der Waals surface area contributed by atoms with Gasteiger partial charge in [0.05, 0.1) is 11.5 Å². The number of rotatable bonds is 5. The molecule has 114 valence electrons. The molecule has 2 N–H and O–H groups in total. The fourth-order valence-electron chi connectivity index (χ4n) is 2.83. The van der Waals surface area contributed by atoms with E-state index < -0.39 is 0 Å². The first-order valence-electron chi connectivity index (χ1n) is 7.33. The molecule has 0 atom stereocenters. The van der Waals surface area contributed by atoms with Crippen molar-refractivity contribution in [1.82, 2.24) is 15.3 Å². The first-order chi connectivity index (χ1) is 10.1. The van der Waals surface area contributed by atoms with Crippen LogP contribution in [0.4, 0.5) is 0 Å². The van der Waals surface area contributed by atoms with Crippen LogP contribution in [-0.2, 0) is 11.3 Å². The van der Waals surface area contributed by atoms with E-state index >= 15 is 0 Å². The second kappa shape index (κ2) is 5.87. The third-order valence-corrected chi connectivity index (χ3v) is 5.33. The lowest BCUT2D eigenvalue weighted by Gasteiger charge is -2.34. The monoisotopic (exact) mass is 307 g/mol. The minimum Gasteiger partial charge on any atom is -0.370 e. The van der Waals surface area contributed by atoms with E-state index in [1.807, 2.05) is 20.9 Å². The van der Waals surface area contributed by atoms with Crippen molar-refractivity contribution in [3.05, 3.63) is 26.6 Å². The first kappa shape index (κ1) is 14.7. The zero-order valence-corrected chi connectivity index (χ0v) is 13.5. The summed E-state index contributed by atoms with van der Waals surface area (Å²) < 4.78 is 5.83. The van der Waals surface area contributed by atoms with Gasteiger partial charge in [0.25, 0.3) is 5.56 Å². The average molecular weight is 307 g/mol. The van der Waals surface area contributed by atoms with Gasteiger partial charge in [-0.1, -0.05) is 0 Å². The number of thiophene rings is 1. The molecule has 0 radical (unpaired) electrons. The molecule has 0 unspecified atom stereocenters. The lowest BCUT2D eigenvalue weighted by atomic mass is 9.82. The average Bonchev–Trinajstić information content (AvgIpc) is 2.68. The number of hydrogen-bond donors (Lipinski definition) is 2. The van der Waals surface area contributed by atoms with E-state index in [-0.39, 0.29) is 5.56 Å². The zero-order valence-electron chi connectivity index (χ0n) is 12.7. The molecular formula is C15H21N3O2S. The first-order valence-corrected chi connectivity index (χ1v) is 8.15. The van der Waals surface area contributed by atoms with Crippen molar-refractivity contribution in [3.8, 4) is 0 Å². The van der Waals surface area contributed by atoms with E-state index in [9.17, 15) is 4.79 Å². The van der Waals surface area contributed by atoms with E-state index in [1.54, 1.807) is 11.3 Å². The summed E-state index contributed by atoms with van der Waals surface area (Å²) in [5.41, 5.74) is 0.979. The minimum atomic E-state index is -0.0536. The number of aromatic nitrogens is 2. The van der Waals surface area contributed by atoms with E-state index in [0.29, 0.717) is 18.5 Å². The van der Waals surface area contributed by atoms with Gasteiger partial charge in [0.15, 0.2) is 0 Å². The molecule has 0 aromatic carbocycles. The Morgan fingerprint density at radius 3 is 2.90 bits per heavy atom. The third kappa shape index (κ3) is 2.88. The Kier molecular flexibility index (Phi) is 4.10. The molecule has 0 saturated heterocycles. The van der Waals surface area contributed by atoms with Crippen molar-refractivity contribution in [3.63, 3.8) is 0 Å². The number of nitrogens with one attached hydrogen (secondary N) is 2. The Balaban J connectivity index is 1.67. The van der Waals surface area contributed by atoms with Crippen LogP contribution in [0, 0.1) is 19.8 Å². The molecule has 1 saturated carbocycles. The topological polar surface area (TPSA) is 67.0 Å². The summed E-state index contributed by atoms with van der Waals surface area (Å²) in [5, 5.41) is 3.91. The number of H-pyrrole nitrogens is 1. The van der Waals surface area contributed by atoms with Crippen LogP contribution in [0.3, 0.4) is 0 Å². The molecule has 0 aliphatic heterocycles. The molecule has 2 heterocycles. The van der Waals surface area contributed by atoms with E-state index in [2.05, 4.69) is 15.3 Å². The Labute approximate surface area is 127 Å². The lowest BCUT2D eigenvalue weighted by Crippen LogP contribution is -2.37. The number of nitrogens with zero attached hydrogens (tertiary/aromatic N) is 1. The van der Waals surface area contributed by atoms with Crippen LogP contribution < -0.4 is 10.9 Å². The summed E-state index contributed by atoms with van der Waals surface area (Å²) in [6, 6.07) is 0. The fourth-order valence-corrected chi connectivity index (χ4v) is 3.88. The molecular weight excluding hydrogens is 286 g/mol. The molecule has 21 heavy (non-hydrogen) atoms. The van der Waals surface area contributed by atoms with Crippen LogP contribution in [-0.4, -0.2) is 29.7 Å². The Morgan fingerprint density at radius 2 is 2.19 bits per heavy atom. The summed E-state index contributed by atoms with van der Waals surface area (Å²) >= 11 is 1.57. The molecule has 1 fully saturated rings. The highest BCUT2D eigenvalue weighted by Gasteiger charge is 2.29. The highest BCUT2D eigenvalue weighted by molar-refractivity contribution is 7.18. The molecule has 0 amide bonds. The van der Waals surface area contributed by atoms with Crippen LogP contribution in [0.1, 0.15) is 29.1 Å². The fraction of sp³-hybridized carbons (Fsp3) is 0.600. The largest absolute Gasteiger partial charge is 0.370 e. The maximum absolute atomic E-state index is 12.1. The van der Waals surface area contributed by atoms with Gasteiger partial charge in [0, 0.05) is 4.88 Å². The Morgan fingerprint density at radius 1 is 1.43 bits per heavy atom. The SMILES string of the molecule is CNCC1CC(OCc2nc3sc(C)c(C)c3c(=O)[nH]2)C1. The highest BCUT2D eigenvalue weighted by Crippen LogP contribution is 2.30. The van der Waals surface area contributed by atoms with E-state index in [0.717, 1.165) is 46.0 Å². The standard InChI is InChI=1S/C15H21N3O2S/c1-8-9(2)21-15-13(8)14(19)17-12(18-15)7-20-11-4-10(5-11)6-16-3/h10-11,16H,4-7H2,1-3H3,(H,17,18,19). The molecule has 5 nitrogen and oxygen atoms in total. The number of aromatic amines is 1. The van der Waals surface area contributed by atoms with Crippen LogP contribution >= 0.6 is 11.3 Å². The highest BCUT2D eigenvalue weighted by atomic mass is 32.1. The van der Waals surface area contributed by atoms with Crippen LogP contribution in [0.25, 0.3) is 10.2 Å². The van der Waals surface area contributed by atoms with Crippen LogP contribution in [0.2, 0.25) is 0 Å². The van der Waals surface area contributed by atoms with Crippen molar-refractivity contribution < 1.29 is 4.74 Å². The van der Waals surface area contributed by atoms with Gasteiger partial charge in [0.1, 0.15) is 17.3 Å². The van der Waals surface area contributed by atoms with Crippen molar-refractivity contribution in [2.75, 3.05) is 13.6 Å².